The Labute approximate surface area is 285 Å². The molecule has 0 amide bonds. The zero-order chi connectivity index (χ0) is 32.2. The maximum absolute atomic E-state index is 12.3. The van der Waals surface area contributed by atoms with Gasteiger partial charge in [0.15, 0.2) is 36.7 Å². The number of aliphatic hydroxyl groups is 2. The second-order valence-electron chi connectivity index (χ2n) is 13.6. The summed E-state index contributed by atoms with van der Waals surface area (Å²) in [6, 6.07) is 0. The number of fused-ring (bicyclic) bond motifs is 4. The topological polar surface area (TPSA) is 183 Å². The van der Waals surface area contributed by atoms with E-state index in [1.165, 1.54) is 6.42 Å². The molecule has 0 bridgehead atoms. The SMILES string of the molecule is C.C.C.C.CCC(C)(C)C(=O)OC1C(=O)OC2C(O)C(O)OC12.CCC(C)(C)C(=O)OC1C(=O)OC2C3OC4(CCCCC4)OC3OC12. The molecule has 1 aliphatic carbocycles. The van der Waals surface area contributed by atoms with Gasteiger partial charge in [-0.05, 0) is 53.4 Å². The first kappa shape index (κ1) is 43.7. The van der Waals surface area contributed by atoms with Gasteiger partial charge >= 0.3 is 23.9 Å². The number of hydrogen-bond acceptors (Lipinski definition) is 14. The van der Waals surface area contributed by atoms with E-state index in [2.05, 4.69) is 0 Å². The third kappa shape index (κ3) is 7.99. The average Bonchev–Trinajstić information content (AvgIpc) is 3.73. The standard InChI is InChI=1S/C18H26O7.C12H18O7.4CH4/c1-4-17(2,3)16(20)23-12-10-11(21-14(12)19)13-15(22-10)25-18(24-13)8-6-5-7-9-18;1-4-12(2,3)11(16)19-8-7-6(17-10(8)15)5(13)9(14)18-7;;;;/h10-13,15H,4-9H2,1-3H3;5-9,13-14H,4H2,1-3H3;4*1H4. The highest BCUT2D eigenvalue weighted by molar-refractivity contribution is 5.85. The van der Waals surface area contributed by atoms with E-state index in [-0.39, 0.29) is 29.7 Å². The van der Waals surface area contributed by atoms with Crippen LogP contribution in [-0.2, 0) is 57.1 Å². The Morgan fingerprint density at radius 3 is 1.65 bits per heavy atom. The van der Waals surface area contributed by atoms with Crippen LogP contribution < -0.4 is 0 Å². The van der Waals surface area contributed by atoms with E-state index in [1.54, 1.807) is 27.7 Å². The van der Waals surface area contributed by atoms with Crippen LogP contribution in [0.15, 0.2) is 0 Å². The highest BCUT2D eigenvalue weighted by Gasteiger charge is 2.66. The summed E-state index contributed by atoms with van der Waals surface area (Å²) in [5.74, 6) is -2.91. The van der Waals surface area contributed by atoms with Crippen LogP contribution in [0, 0.1) is 10.8 Å². The zero-order valence-electron chi connectivity index (χ0n) is 26.0. The van der Waals surface area contributed by atoms with E-state index in [0.717, 1.165) is 25.7 Å². The first-order valence-electron chi connectivity index (χ1n) is 15.5. The molecule has 10 unspecified atom stereocenters. The fraction of sp³-hybridized carbons (Fsp3) is 0.882. The lowest BCUT2D eigenvalue weighted by Crippen LogP contribution is -2.41. The molecule has 5 saturated heterocycles. The molecule has 1 saturated carbocycles. The summed E-state index contributed by atoms with van der Waals surface area (Å²) in [4.78, 5) is 48.1. The molecule has 14 nitrogen and oxygen atoms in total. The van der Waals surface area contributed by atoms with Gasteiger partial charge in [0, 0.05) is 12.8 Å². The molecule has 1 spiro atoms. The smallest absolute Gasteiger partial charge is 0.350 e. The second-order valence-corrected chi connectivity index (χ2v) is 13.6. The van der Waals surface area contributed by atoms with Gasteiger partial charge in [-0.3, -0.25) is 9.59 Å². The molecule has 0 aromatic carbocycles. The van der Waals surface area contributed by atoms with E-state index >= 15 is 0 Å². The van der Waals surface area contributed by atoms with Crippen molar-refractivity contribution in [3.8, 4) is 0 Å². The Balaban J connectivity index is 0.000000458. The molecule has 0 radical (unpaired) electrons. The van der Waals surface area contributed by atoms with Crippen LogP contribution in [0.25, 0.3) is 0 Å². The van der Waals surface area contributed by atoms with Gasteiger partial charge in [-0.25, -0.2) is 9.59 Å². The molecule has 6 rings (SSSR count). The number of carbonyl (C=O) groups excluding carboxylic acids is 4. The van der Waals surface area contributed by atoms with Gasteiger partial charge in [-0.2, -0.15) is 0 Å². The minimum absolute atomic E-state index is 0. The third-order valence-corrected chi connectivity index (χ3v) is 9.66. The van der Waals surface area contributed by atoms with Crippen molar-refractivity contribution in [2.24, 2.45) is 10.8 Å². The number of ether oxygens (including phenoxy) is 8. The van der Waals surface area contributed by atoms with Crippen molar-refractivity contribution in [1.82, 2.24) is 0 Å². The number of hydrogen-bond donors (Lipinski definition) is 2. The Kier molecular flexibility index (Phi) is 14.7. The largest absolute Gasteiger partial charge is 0.454 e. The lowest BCUT2D eigenvalue weighted by molar-refractivity contribution is -0.246. The highest BCUT2D eigenvalue weighted by Crippen LogP contribution is 2.48. The summed E-state index contributed by atoms with van der Waals surface area (Å²) in [6.45, 7) is 10.7. The van der Waals surface area contributed by atoms with Crippen LogP contribution in [0.3, 0.4) is 0 Å². The van der Waals surface area contributed by atoms with Gasteiger partial charge in [0.25, 0.3) is 0 Å². The molecular weight excluding hydrogens is 632 g/mol. The normalized spacial score (nSPS) is 35.4. The molecule has 14 heteroatoms. The van der Waals surface area contributed by atoms with Gasteiger partial charge < -0.3 is 48.1 Å². The van der Waals surface area contributed by atoms with Crippen molar-refractivity contribution in [1.29, 1.82) is 0 Å². The van der Waals surface area contributed by atoms with Gasteiger partial charge in [0.2, 0.25) is 12.2 Å². The molecule has 48 heavy (non-hydrogen) atoms. The van der Waals surface area contributed by atoms with Crippen molar-refractivity contribution >= 4 is 23.9 Å². The third-order valence-electron chi connectivity index (χ3n) is 9.66. The fourth-order valence-corrected chi connectivity index (χ4v) is 5.86. The molecular formula is C34H60O14. The van der Waals surface area contributed by atoms with Crippen molar-refractivity contribution < 1.29 is 67.3 Å². The Morgan fingerprint density at radius 2 is 1.17 bits per heavy atom. The van der Waals surface area contributed by atoms with Crippen LogP contribution in [0.1, 0.15) is 116 Å². The average molecular weight is 693 g/mol. The van der Waals surface area contributed by atoms with Crippen molar-refractivity contribution in [2.45, 2.75) is 183 Å². The number of esters is 4. The quantitative estimate of drug-likeness (QED) is 0.301. The molecule has 6 fully saturated rings. The highest BCUT2D eigenvalue weighted by atomic mass is 16.9. The molecule has 2 N–H and O–H groups in total. The van der Waals surface area contributed by atoms with E-state index in [9.17, 15) is 29.4 Å². The molecule has 10 atom stereocenters. The minimum atomic E-state index is -1.44. The first-order chi connectivity index (χ1) is 20.6. The van der Waals surface area contributed by atoms with E-state index in [0.29, 0.717) is 12.8 Å². The number of rotatable bonds is 6. The summed E-state index contributed by atoms with van der Waals surface area (Å²) in [5, 5.41) is 18.9. The predicted molar refractivity (Wildman–Crippen MR) is 172 cm³/mol. The molecule has 6 aliphatic rings. The fourth-order valence-electron chi connectivity index (χ4n) is 5.86. The molecule has 0 aromatic rings. The molecule has 5 heterocycles. The van der Waals surface area contributed by atoms with Gasteiger partial charge in [-0.1, -0.05) is 50.0 Å². The van der Waals surface area contributed by atoms with E-state index < -0.39 is 102 Å². The summed E-state index contributed by atoms with van der Waals surface area (Å²) in [6.07, 6.45) is -3.17. The second kappa shape index (κ2) is 16.1. The predicted octanol–water partition coefficient (Wildman–Crippen LogP) is 3.94. The Morgan fingerprint density at radius 1 is 0.708 bits per heavy atom. The van der Waals surface area contributed by atoms with Crippen molar-refractivity contribution in [3.63, 3.8) is 0 Å². The first-order valence-corrected chi connectivity index (χ1v) is 15.5. The van der Waals surface area contributed by atoms with Gasteiger partial charge in [-0.15, -0.1) is 0 Å². The lowest BCUT2D eigenvalue weighted by atomic mass is 9.90. The van der Waals surface area contributed by atoms with E-state index in [4.69, 9.17) is 37.9 Å². The number of carbonyl (C=O) groups is 4. The summed E-state index contributed by atoms with van der Waals surface area (Å²) < 4.78 is 44.0. The van der Waals surface area contributed by atoms with Crippen LogP contribution in [0.4, 0.5) is 0 Å². The van der Waals surface area contributed by atoms with Gasteiger partial charge in [0.05, 0.1) is 10.8 Å². The van der Waals surface area contributed by atoms with Crippen molar-refractivity contribution in [2.75, 3.05) is 0 Å². The van der Waals surface area contributed by atoms with Crippen LogP contribution in [-0.4, -0.2) is 101 Å². The zero-order valence-corrected chi connectivity index (χ0v) is 26.0. The maximum atomic E-state index is 12.3. The number of aliphatic hydroxyl groups excluding tert-OH is 2. The lowest BCUT2D eigenvalue weighted by Gasteiger charge is -2.33. The van der Waals surface area contributed by atoms with Gasteiger partial charge in [0.1, 0.15) is 18.3 Å². The van der Waals surface area contributed by atoms with Crippen LogP contribution in [0.5, 0.6) is 0 Å². The van der Waals surface area contributed by atoms with Crippen LogP contribution >= 0.6 is 0 Å². The Bertz CT molecular complexity index is 1130. The Hall–Kier alpha value is -2.36. The molecule has 0 aromatic heterocycles. The molecule has 5 aliphatic heterocycles. The summed E-state index contributed by atoms with van der Waals surface area (Å²) >= 11 is 0. The van der Waals surface area contributed by atoms with E-state index in [1.807, 2.05) is 13.8 Å². The molecule has 280 valence electrons. The maximum Gasteiger partial charge on any atom is 0.350 e. The summed E-state index contributed by atoms with van der Waals surface area (Å²) in [7, 11) is 0. The summed E-state index contributed by atoms with van der Waals surface area (Å²) in [5.41, 5.74) is -1.39. The monoisotopic (exact) mass is 692 g/mol. The van der Waals surface area contributed by atoms with Crippen molar-refractivity contribution in [3.05, 3.63) is 0 Å². The van der Waals surface area contributed by atoms with Crippen LogP contribution in [0.2, 0.25) is 0 Å². The minimum Gasteiger partial charge on any atom is -0.454 e.